The molecule has 0 bridgehead atoms. The number of aryl methyl sites for hydroxylation is 1. The molecule has 0 radical (unpaired) electrons. The molecule has 1 heterocycles. The van der Waals surface area contributed by atoms with E-state index in [4.69, 9.17) is 5.73 Å². The summed E-state index contributed by atoms with van der Waals surface area (Å²) in [7, 11) is -3.49. The van der Waals surface area contributed by atoms with E-state index in [2.05, 4.69) is 16.5 Å². The Kier molecular flexibility index (Phi) is 5.24. The summed E-state index contributed by atoms with van der Waals surface area (Å²) in [5.74, 6) is 0.394. The first kappa shape index (κ1) is 16.3. The fourth-order valence-electron chi connectivity index (χ4n) is 2.79. The van der Waals surface area contributed by atoms with Crippen molar-refractivity contribution in [2.24, 2.45) is 5.92 Å². The Balaban J connectivity index is 2.07. The summed E-state index contributed by atoms with van der Waals surface area (Å²) in [6, 6.07) is 5.08. The van der Waals surface area contributed by atoms with Crippen LogP contribution < -0.4 is 10.5 Å². The van der Waals surface area contributed by atoms with Gasteiger partial charge in [0.2, 0.25) is 10.0 Å². The van der Waals surface area contributed by atoms with Gasteiger partial charge in [-0.05, 0) is 49.5 Å². The number of nitrogens with one attached hydrogen (secondary N) is 1. The zero-order valence-electron chi connectivity index (χ0n) is 12.8. The standard InChI is InChI=1S/C15H25N3O2S/c1-3-13-5-6-14(16)9-15(13)21(19,20)17-10-12-7-8-18(4-2)11-12/h5-6,9,12,17H,3-4,7-8,10-11,16H2,1-2H3. The quantitative estimate of drug-likeness (QED) is 0.780. The molecule has 0 amide bonds. The number of hydrogen-bond donors (Lipinski definition) is 2. The molecule has 1 unspecified atom stereocenters. The molecule has 118 valence electrons. The molecule has 1 aliphatic rings. The molecular weight excluding hydrogens is 286 g/mol. The molecule has 21 heavy (non-hydrogen) atoms. The number of benzene rings is 1. The largest absolute Gasteiger partial charge is 0.399 e. The Bertz CT molecular complexity index is 587. The van der Waals surface area contributed by atoms with Gasteiger partial charge in [-0.15, -0.1) is 0 Å². The van der Waals surface area contributed by atoms with Crippen LogP contribution in [0.4, 0.5) is 5.69 Å². The third-order valence-corrected chi connectivity index (χ3v) is 5.65. The van der Waals surface area contributed by atoms with Crippen molar-refractivity contribution >= 4 is 15.7 Å². The van der Waals surface area contributed by atoms with Crippen LogP contribution in [0.25, 0.3) is 0 Å². The number of likely N-dealkylation sites (tertiary alicyclic amines) is 1. The van der Waals surface area contributed by atoms with Crippen molar-refractivity contribution in [2.45, 2.75) is 31.6 Å². The van der Waals surface area contributed by atoms with E-state index in [0.29, 0.717) is 29.5 Å². The highest BCUT2D eigenvalue weighted by Crippen LogP contribution is 2.21. The Labute approximate surface area is 127 Å². The van der Waals surface area contributed by atoms with Crippen LogP contribution in [0.15, 0.2) is 23.1 Å². The second-order valence-corrected chi connectivity index (χ2v) is 7.36. The number of rotatable bonds is 6. The van der Waals surface area contributed by atoms with Gasteiger partial charge in [0.25, 0.3) is 0 Å². The predicted octanol–water partition coefficient (Wildman–Crippen LogP) is 1.45. The molecular formula is C15H25N3O2S. The Morgan fingerprint density at radius 1 is 1.38 bits per heavy atom. The second-order valence-electron chi connectivity index (χ2n) is 5.62. The van der Waals surface area contributed by atoms with Crippen molar-refractivity contribution in [2.75, 3.05) is 31.9 Å². The molecule has 0 saturated carbocycles. The van der Waals surface area contributed by atoms with Crippen LogP contribution >= 0.6 is 0 Å². The summed E-state index contributed by atoms with van der Waals surface area (Å²) >= 11 is 0. The lowest BCUT2D eigenvalue weighted by atomic mass is 10.1. The van der Waals surface area contributed by atoms with E-state index in [1.54, 1.807) is 18.2 Å². The lowest BCUT2D eigenvalue weighted by Gasteiger charge is -2.15. The number of nitrogens with two attached hydrogens (primary N) is 1. The minimum absolute atomic E-state index is 0.315. The Morgan fingerprint density at radius 3 is 2.76 bits per heavy atom. The fourth-order valence-corrected chi connectivity index (χ4v) is 4.24. The van der Waals surface area contributed by atoms with Crippen LogP contribution in [0, 0.1) is 5.92 Å². The second kappa shape index (κ2) is 6.77. The van der Waals surface area contributed by atoms with Crippen molar-refractivity contribution < 1.29 is 8.42 Å². The highest BCUT2D eigenvalue weighted by atomic mass is 32.2. The van der Waals surface area contributed by atoms with Crippen molar-refractivity contribution in [1.82, 2.24) is 9.62 Å². The number of hydrogen-bond acceptors (Lipinski definition) is 4. The number of sulfonamides is 1. The third kappa shape index (κ3) is 3.96. The predicted molar refractivity (Wildman–Crippen MR) is 85.6 cm³/mol. The third-order valence-electron chi connectivity index (χ3n) is 4.14. The topological polar surface area (TPSA) is 75.4 Å². The van der Waals surface area contributed by atoms with Crippen LogP contribution in [0.3, 0.4) is 0 Å². The number of anilines is 1. The maximum Gasteiger partial charge on any atom is 0.240 e. The first-order valence-electron chi connectivity index (χ1n) is 7.56. The summed E-state index contributed by atoms with van der Waals surface area (Å²) in [6.45, 7) is 7.63. The lowest BCUT2D eigenvalue weighted by Crippen LogP contribution is -2.31. The van der Waals surface area contributed by atoms with Gasteiger partial charge in [0.1, 0.15) is 0 Å². The van der Waals surface area contributed by atoms with E-state index < -0.39 is 10.0 Å². The van der Waals surface area contributed by atoms with Crippen molar-refractivity contribution in [3.8, 4) is 0 Å². The van der Waals surface area contributed by atoms with E-state index in [1.165, 1.54) is 0 Å². The SMILES string of the molecule is CCc1ccc(N)cc1S(=O)(=O)NCC1CCN(CC)C1. The van der Waals surface area contributed by atoms with Crippen molar-refractivity contribution in [3.63, 3.8) is 0 Å². The smallest absolute Gasteiger partial charge is 0.240 e. The van der Waals surface area contributed by atoms with E-state index in [1.807, 2.05) is 6.92 Å². The summed E-state index contributed by atoms with van der Waals surface area (Å²) in [4.78, 5) is 2.66. The van der Waals surface area contributed by atoms with Crippen LogP contribution in [-0.4, -0.2) is 39.5 Å². The molecule has 1 aliphatic heterocycles. The van der Waals surface area contributed by atoms with Crippen molar-refractivity contribution in [1.29, 1.82) is 0 Å². The zero-order chi connectivity index (χ0) is 15.5. The van der Waals surface area contributed by atoms with Crippen LogP contribution in [0.5, 0.6) is 0 Å². The monoisotopic (exact) mass is 311 g/mol. The molecule has 6 heteroatoms. The highest BCUT2D eigenvalue weighted by Gasteiger charge is 2.24. The lowest BCUT2D eigenvalue weighted by molar-refractivity contribution is 0.342. The van der Waals surface area contributed by atoms with Crippen LogP contribution in [0.2, 0.25) is 0 Å². The van der Waals surface area contributed by atoms with Gasteiger partial charge in [0.15, 0.2) is 0 Å². The minimum Gasteiger partial charge on any atom is -0.399 e. The Morgan fingerprint density at radius 2 is 2.14 bits per heavy atom. The van der Waals surface area contributed by atoms with E-state index in [9.17, 15) is 8.42 Å². The molecule has 1 fully saturated rings. The fraction of sp³-hybridized carbons (Fsp3) is 0.600. The van der Waals surface area contributed by atoms with Gasteiger partial charge >= 0.3 is 0 Å². The maximum atomic E-state index is 12.5. The van der Waals surface area contributed by atoms with Gasteiger partial charge in [0.05, 0.1) is 4.90 Å². The normalized spacial score (nSPS) is 20.0. The molecule has 3 N–H and O–H groups in total. The van der Waals surface area contributed by atoms with E-state index in [0.717, 1.165) is 31.6 Å². The molecule has 0 aromatic heterocycles. The molecule has 0 aliphatic carbocycles. The van der Waals surface area contributed by atoms with E-state index >= 15 is 0 Å². The highest BCUT2D eigenvalue weighted by molar-refractivity contribution is 7.89. The molecule has 1 aromatic rings. The molecule has 1 atom stereocenters. The van der Waals surface area contributed by atoms with Gasteiger partial charge < -0.3 is 10.6 Å². The van der Waals surface area contributed by atoms with Crippen molar-refractivity contribution in [3.05, 3.63) is 23.8 Å². The van der Waals surface area contributed by atoms with Crippen LogP contribution in [-0.2, 0) is 16.4 Å². The minimum atomic E-state index is -3.49. The summed E-state index contributed by atoms with van der Waals surface area (Å²) in [6.07, 6.45) is 1.72. The zero-order valence-corrected chi connectivity index (χ0v) is 13.6. The van der Waals surface area contributed by atoms with Gasteiger partial charge in [-0.25, -0.2) is 13.1 Å². The Hall–Kier alpha value is -1.11. The van der Waals surface area contributed by atoms with E-state index in [-0.39, 0.29) is 0 Å². The molecule has 1 saturated heterocycles. The summed E-state index contributed by atoms with van der Waals surface area (Å²) < 4.78 is 27.7. The molecule has 0 spiro atoms. The number of nitrogens with zero attached hydrogens (tertiary/aromatic N) is 1. The van der Waals surface area contributed by atoms with Crippen LogP contribution in [0.1, 0.15) is 25.8 Å². The first-order valence-corrected chi connectivity index (χ1v) is 9.05. The summed E-state index contributed by atoms with van der Waals surface area (Å²) in [5.41, 5.74) is 7.02. The average Bonchev–Trinajstić information content (AvgIpc) is 2.93. The van der Waals surface area contributed by atoms with Gasteiger partial charge in [-0.2, -0.15) is 0 Å². The summed E-state index contributed by atoms with van der Waals surface area (Å²) in [5, 5.41) is 0. The average molecular weight is 311 g/mol. The molecule has 2 rings (SSSR count). The molecule has 5 nitrogen and oxygen atoms in total. The van der Waals surface area contributed by atoms with Gasteiger partial charge in [-0.1, -0.05) is 19.9 Å². The van der Waals surface area contributed by atoms with Gasteiger partial charge in [0, 0.05) is 18.8 Å². The maximum absolute atomic E-state index is 12.5. The number of nitrogen functional groups attached to an aromatic ring is 1. The molecule has 1 aromatic carbocycles. The first-order chi connectivity index (χ1) is 9.96. The van der Waals surface area contributed by atoms with Gasteiger partial charge in [-0.3, -0.25) is 0 Å².